The smallest absolute Gasteiger partial charge is 0.357 e. The third-order valence-corrected chi connectivity index (χ3v) is 4.90. The van der Waals surface area contributed by atoms with Crippen molar-refractivity contribution in [1.29, 1.82) is 0 Å². The van der Waals surface area contributed by atoms with E-state index in [2.05, 4.69) is 32.8 Å². The number of carbonyl (C=O) groups is 1. The Morgan fingerprint density at radius 2 is 2.03 bits per heavy atom. The zero-order valence-corrected chi connectivity index (χ0v) is 21.0. The number of rotatable bonds is 5. The van der Waals surface area contributed by atoms with Crippen LogP contribution in [0.1, 0.15) is 57.6 Å². The van der Waals surface area contributed by atoms with Crippen LogP contribution >= 0.6 is 24.0 Å². The molecule has 2 rings (SSSR count). The lowest BCUT2D eigenvalue weighted by Gasteiger charge is -2.30. The molecular formula is C23H32F3IN4O. The molecule has 1 fully saturated rings. The first-order valence-corrected chi connectivity index (χ1v) is 10.7. The average Bonchev–Trinajstić information content (AvgIpc) is 2.70. The number of alkyl halides is 3. The van der Waals surface area contributed by atoms with Crippen LogP contribution in [-0.2, 0) is 11.0 Å². The number of nitrogens with zero attached hydrogens (tertiary/aromatic N) is 1. The normalized spacial score (nSPS) is 18.8. The van der Waals surface area contributed by atoms with Crippen molar-refractivity contribution in [3.63, 3.8) is 0 Å². The van der Waals surface area contributed by atoms with E-state index in [0.29, 0.717) is 18.1 Å². The molecule has 1 aromatic rings. The molecule has 5 nitrogen and oxygen atoms in total. The largest absolute Gasteiger partial charge is 0.416 e. The molecule has 3 N–H and O–H groups in total. The van der Waals surface area contributed by atoms with Gasteiger partial charge in [0, 0.05) is 30.1 Å². The summed E-state index contributed by atoms with van der Waals surface area (Å²) in [6.45, 7) is 6.66. The Hall–Kier alpha value is -1.96. The predicted octanol–water partition coefficient (Wildman–Crippen LogP) is 4.31. The highest BCUT2D eigenvalue weighted by atomic mass is 127. The number of amides is 1. The topological polar surface area (TPSA) is 65.5 Å². The molecule has 32 heavy (non-hydrogen) atoms. The van der Waals surface area contributed by atoms with Gasteiger partial charge >= 0.3 is 6.18 Å². The molecule has 1 aliphatic rings. The third kappa shape index (κ3) is 9.67. The molecule has 0 bridgehead atoms. The highest BCUT2D eigenvalue weighted by molar-refractivity contribution is 14.0. The van der Waals surface area contributed by atoms with Crippen molar-refractivity contribution < 1.29 is 18.0 Å². The monoisotopic (exact) mass is 564 g/mol. The molecule has 0 saturated heterocycles. The molecule has 0 aromatic heterocycles. The molecule has 9 heteroatoms. The van der Waals surface area contributed by atoms with E-state index in [1.807, 2.05) is 20.8 Å². The number of hydrogen-bond acceptors (Lipinski definition) is 2. The van der Waals surface area contributed by atoms with Crippen LogP contribution in [0.15, 0.2) is 29.3 Å². The second-order valence-electron chi connectivity index (χ2n) is 7.94. The van der Waals surface area contributed by atoms with Crippen molar-refractivity contribution in [3.05, 3.63) is 35.4 Å². The Balaban J connectivity index is 0.00000512. The summed E-state index contributed by atoms with van der Waals surface area (Å²) in [4.78, 5) is 16.7. The van der Waals surface area contributed by atoms with E-state index in [0.717, 1.165) is 37.8 Å². The summed E-state index contributed by atoms with van der Waals surface area (Å²) in [5, 5.41) is 9.50. The minimum absolute atomic E-state index is 0. The summed E-state index contributed by atoms with van der Waals surface area (Å²) in [6, 6.07) is 5.19. The standard InChI is InChI=1S/C23H31F3N4O.HI/c1-4-27-22(30-20-12-6-10-18(15-20)21(31)29-16(2)3)28-13-7-9-17-8-5-11-19(14-17)23(24,25)26;/h5,8,11,14,16,18,20H,4,6,10,12-13,15H2,1-3H3,(H,29,31)(H2,27,28,30);1H. The number of nitrogens with one attached hydrogen (secondary N) is 3. The number of carbonyl (C=O) groups excluding carboxylic acids is 1. The fourth-order valence-electron chi connectivity index (χ4n) is 3.51. The molecule has 2 atom stereocenters. The molecule has 1 amide bonds. The molecule has 0 spiro atoms. The Labute approximate surface area is 205 Å². The SMILES string of the molecule is CCNC(=NCC#Cc1cccc(C(F)(F)F)c1)NC1CCCC(C(=O)NC(C)C)C1.I. The maximum Gasteiger partial charge on any atom is 0.416 e. The summed E-state index contributed by atoms with van der Waals surface area (Å²) >= 11 is 0. The zero-order chi connectivity index (χ0) is 22.9. The molecule has 1 aromatic carbocycles. The van der Waals surface area contributed by atoms with Crippen LogP contribution in [-0.4, -0.2) is 37.0 Å². The van der Waals surface area contributed by atoms with Gasteiger partial charge in [-0.25, -0.2) is 4.99 Å². The second-order valence-corrected chi connectivity index (χ2v) is 7.94. The molecule has 0 heterocycles. The van der Waals surface area contributed by atoms with E-state index in [4.69, 9.17) is 0 Å². The Morgan fingerprint density at radius 1 is 1.28 bits per heavy atom. The summed E-state index contributed by atoms with van der Waals surface area (Å²) < 4.78 is 38.4. The molecule has 0 aliphatic heterocycles. The minimum Gasteiger partial charge on any atom is -0.357 e. The van der Waals surface area contributed by atoms with Crippen molar-refractivity contribution in [3.8, 4) is 11.8 Å². The first-order valence-electron chi connectivity index (χ1n) is 10.7. The lowest BCUT2D eigenvalue weighted by molar-refractivity contribution is -0.137. The van der Waals surface area contributed by atoms with Gasteiger partial charge in [-0.05, 0) is 58.2 Å². The van der Waals surface area contributed by atoms with Crippen LogP contribution in [0.2, 0.25) is 0 Å². The van der Waals surface area contributed by atoms with Gasteiger partial charge in [-0.2, -0.15) is 13.2 Å². The third-order valence-electron chi connectivity index (χ3n) is 4.90. The number of halogens is 4. The van der Waals surface area contributed by atoms with Crippen molar-refractivity contribution in [2.45, 2.75) is 64.7 Å². The Bertz CT molecular complexity index is 831. The van der Waals surface area contributed by atoms with Crippen LogP contribution < -0.4 is 16.0 Å². The summed E-state index contributed by atoms with van der Waals surface area (Å²) in [7, 11) is 0. The fourth-order valence-corrected chi connectivity index (χ4v) is 3.51. The van der Waals surface area contributed by atoms with Gasteiger partial charge in [-0.1, -0.05) is 24.3 Å². The number of hydrogen-bond donors (Lipinski definition) is 3. The molecular weight excluding hydrogens is 532 g/mol. The molecule has 0 radical (unpaired) electrons. The van der Waals surface area contributed by atoms with E-state index in [1.165, 1.54) is 6.07 Å². The predicted molar refractivity (Wildman–Crippen MR) is 132 cm³/mol. The van der Waals surface area contributed by atoms with Gasteiger partial charge in [0.1, 0.15) is 6.54 Å². The quantitative estimate of drug-likeness (QED) is 0.216. The number of aliphatic imine (C=N–C) groups is 1. The number of guanidine groups is 1. The van der Waals surface area contributed by atoms with Crippen molar-refractivity contribution in [1.82, 2.24) is 16.0 Å². The lowest BCUT2D eigenvalue weighted by Crippen LogP contribution is -2.47. The first kappa shape index (κ1) is 28.1. The van der Waals surface area contributed by atoms with Gasteiger partial charge in [0.05, 0.1) is 5.56 Å². The summed E-state index contributed by atoms with van der Waals surface area (Å²) in [5.74, 6) is 6.21. The lowest BCUT2D eigenvalue weighted by atomic mass is 9.85. The van der Waals surface area contributed by atoms with Gasteiger partial charge in [0.25, 0.3) is 0 Å². The maximum atomic E-state index is 12.8. The first-order chi connectivity index (χ1) is 14.7. The fraction of sp³-hybridized carbons (Fsp3) is 0.565. The van der Waals surface area contributed by atoms with Crippen molar-refractivity contribution in [2.75, 3.05) is 13.1 Å². The zero-order valence-electron chi connectivity index (χ0n) is 18.7. The maximum absolute atomic E-state index is 12.8. The van der Waals surface area contributed by atoms with Crippen LogP contribution in [0.3, 0.4) is 0 Å². The minimum atomic E-state index is -4.39. The summed E-state index contributed by atoms with van der Waals surface area (Å²) in [5.41, 5.74) is -0.416. The number of benzene rings is 1. The van der Waals surface area contributed by atoms with Crippen molar-refractivity contribution in [2.24, 2.45) is 10.9 Å². The van der Waals surface area contributed by atoms with Gasteiger partial charge in [0.15, 0.2) is 5.96 Å². The van der Waals surface area contributed by atoms with Crippen LogP contribution in [0.5, 0.6) is 0 Å². The highest BCUT2D eigenvalue weighted by Crippen LogP contribution is 2.29. The second kappa shape index (κ2) is 13.6. The van der Waals surface area contributed by atoms with Gasteiger partial charge in [-0.3, -0.25) is 4.79 Å². The molecule has 1 saturated carbocycles. The van der Waals surface area contributed by atoms with Crippen LogP contribution in [0.4, 0.5) is 13.2 Å². The van der Waals surface area contributed by atoms with E-state index in [-0.39, 0.29) is 54.4 Å². The van der Waals surface area contributed by atoms with Crippen LogP contribution in [0.25, 0.3) is 0 Å². The van der Waals surface area contributed by atoms with E-state index in [1.54, 1.807) is 6.07 Å². The van der Waals surface area contributed by atoms with Gasteiger partial charge in [0.2, 0.25) is 5.91 Å². The Morgan fingerprint density at radius 3 is 2.69 bits per heavy atom. The molecule has 178 valence electrons. The van der Waals surface area contributed by atoms with E-state index >= 15 is 0 Å². The van der Waals surface area contributed by atoms with Crippen LogP contribution in [0, 0.1) is 17.8 Å². The van der Waals surface area contributed by atoms with E-state index in [9.17, 15) is 18.0 Å². The summed E-state index contributed by atoms with van der Waals surface area (Å²) in [6.07, 6.45) is -0.859. The van der Waals surface area contributed by atoms with Gasteiger partial charge < -0.3 is 16.0 Å². The average molecular weight is 564 g/mol. The molecule has 2 unspecified atom stereocenters. The van der Waals surface area contributed by atoms with Gasteiger partial charge in [-0.15, -0.1) is 24.0 Å². The Kier molecular flexibility index (Phi) is 11.9. The van der Waals surface area contributed by atoms with Crippen molar-refractivity contribution >= 4 is 35.8 Å². The van der Waals surface area contributed by atoms with E-state index < -0.39 is 11.7 Å². The highest BCUT2D eigenvalue weighted by Gasteiger charge is 2.30. The molecule has 1 aliphatic carbocycles.